The van der Waals surface area contributed by atoms with Gasteiger partial charge < -0.3 is 14.7 Å². The van der Waals surface area contributed by atoms with E-state index in [4.69, 9.17) is 14.7 Å². The van der Waals surface area contributed by atoms with Gasteiger partial charge in [0.25, 0.3) is 5.88 Å². The van der Waals surface area contributed by atoms with Crippen molar-refractivity contribution in [3.63, 3.8) is 0 Å². The summed E-state index contributed by atoms with van der Waals surface area (Å²) >= 11 is 3.18. The third kappa shape index (κ3) is 4.31. The largest absolute Gasteiger partial charge is 0.474 e. The van der Waals surface area contributed by atoms with Crippen LogP contribution in [0.15, 0.2) is 35.4 Å². The quantitative estimate of drug-likeness (QED) is 0.652. The number of nitrogen functional groups attached to an aromatic ring is 1. The van der Waals surface area contributed by atoms with Gasteiger partial charge in [-0.25, -0.2) is 9.97 Å². The van der Waals surface area contributed by atoms with E-state index in [1.165, 1.54) is 16.9 Å². The molecule has 7 heteroatoms. The van der Waals surface area contributed by atoms with E-state index in [2.05, 4.69) is 28.4 Å². The lowest BCUT2D eigenvalue weighted by Gasteiger charge is -2.20. The molecule has 0 saturated carbocycles. The molecular formula is C16H19N3O2S2. The molecule has 5 nitrogen and oxygen atoms in total. The lowest BCUT2D eigenvalue weighted by atomic mass is 10.2. The molecule has 2 aromatic rings. The van der Waals surface area contributed by atoms with Crippen molar-refractivity contribution in [3.05, 3.63) is 30.5 Å². The van der Waals surface area contributed by atoms with Crippen LogP contribution in [0.3, 0.4) is 0 Å². The first-order valence-electron chi connectivity index (χ1n) is 7.44. The fraction of sp³-hybridized carbons (Fsp3) is 0.375. The highest BCUT2D eigenvalue weighted by atomic mass is 32.2. The Morgan fingerprint density at radius 1 is 1.39 bits per heavy atom. The Bertz CT molecular complexity index is 646. The molecule has 0 aliphatic carbocycles. The Labute approximate surface area is 144 Å². The summed E-state index contributed by atoms with van der Waals surface area (Å²) in [5.41, 5.74) is 7.64. The number of ether oxygens (including phenoxy) is 1. The third-order valence-electron chi connectivity index (χ3n) is 3.52. The fourth-order valence-electron chi connectivity index (χ4n) is 2.23. The summed E-state index contributed by atoms with van der Waals surface area (Å²) in [5, 5.41) is 0.314. The Morgan fingerprint density at radius 3 is 2.91 bits per heavy atom. The monoisotopic (exact) mass is 349 g/mol. The summed E-state index contributed by atoms with van der Waals surface area (Å²) in [6.45, 7) is 1.34. The fourth-order valence-corrected chi connectivity index (χ4v) is 3.44. The van der Waals surface area contributed by atoms with E-state index < -0.39 is 0 Å². The summed E-state index contributed by atoms with van der Waals surface area (Å²) < 4.78 is 11.2. The molecule has 2 heterocycles. The Hall–Kier alpha value is -1.44. The van der Waals surface area contributed by atoms with Gasteiger partial charge >= 0.3 is 0 Å². The van der Waals surface area contributed by atoms with Crippen LogP contribution in [0.4, 0.5) is 5.82 Å². The molecule has 1 aromatic carbocycles. The zero-order valence-electron chi connectivity index (χ0n) is 12.9. The number of thioether (sulfide) groups is 1. The average molecular weight is 349 g/mol. The molecule has 122 valence electrons. The van der Waals surface area contributed by atoms with Crippen molar-refractivity contribution < 1.29 is 8.92 Å². The highest BCUT2D eigenvalue weighted by Gasteiger charge is 2.17. The van der Waals surface area contributed by atoms with Crippen molar-refractivity contribution in [2.45, 2.75) is 23.0 Å². The average Bonchev–Trinajstić information content (AvgIpc) is 2.62. The van der Waals surface area contributed by atoms with Crippen LogP contribution in [0.1, 0.15) is 12.8 Å². The topological polar surface area (TPSA) is 70.3 Å². The first kappa shape index (κ1) is 16.4. The van der Waals surface area contributed by atoms with Gasteiger partial charge in [0.2, 0.25) is 0 Å². The minimum absolute atomic E-state index is 0.314. The maximum absolute atomic E-state index is 5.89. The molecule has 0 spiro atoms. The van der Waals surface area contributed by atoms with Crippen LogP contribution in [-0.2, 0) is 4.18 Å². The predicted molar refractivity (Wildman–Crippen MR) is 95.7 cm³/mol. The van der Waals surface area contributed by atoms with E-state index in [0.29, 0.717) is 23.6 Å². The molecular weight excluding hydrogens is 330 g/mol. The summed E-state index contributed by atoms with van der Waals surface area (Å²) in [6.07, 6.45) is 5.86. The molecule has 1 atom stereocenters. The van der Waals surface area contributed by atoms with Crippen molar-refractivity contribution in [2.75, 3.05) is 25.2 Å². The highest BCUT2D eigenvalue weighted by molar-refractivity contribution is 7.98. The number of aromatic nitrogens is 2. The number of hydrogen-bond acceptors (Lipinski definition) is 7. The van der Waals surface area contributed by atoms with E-state index in [9.17, 15) is 0 Å². The first-order valence-corrected chi connectivity index (χ1v) is 9.47. The van der Waals surface area contributed by atoms with Crippen molar-refractivity contribution in [1.29, 1.82) is 0 Å². The van der Waals surface area contributed by atoms with Crippen LogP contribution in [0, 0.1) is 0 Å². The molecule has 1 unspecified atom stereocenters. The van der Waals surface area contributed by atoms with Gasteiger partial charge in [0, 0.05) is 10.5 Å². The van der Waals surface area contributed by atoms with Gasteiger partial charge in [-0.3, -0.25) is 0 Å². The summed E-state index contributed by atoms with van der Waals surface area (Å²) in [7, 11) is 0. The lowest BCUT2D eigenvalue weighted by molar-refractivity contribution is 0.266. The lowest BCUT2D eigenvalue weighted by Crippen LogP contribution is -2.20. The molecule has 1 aliphatic heterocycles. The molecule has 2 N–H and O–H groups in total. The summed E-state index contributed by atoms with van der Waals surface area (Å²) in [5.74, 6) is 0.707. The second-order valence-corrected chi connectivity index (χ2v) is 7.14. The SMILES string of the molecule is CSc1ccc(-c2cnc(N)c(OCC3CCCOS3)n2)cc1. The molecule has 23 heavy (non-hydrogen) atoms. The molecule has 0 amide bonds. The van der Waals surface area contributed by atoms with Crippen molar-refractivity contribution in [1.82, 2.24) is 9.97 Å². The number of benzene rings is 1. The zero-order valence-corrected chi connectivity index (χ0v) is 14.5. The van der Waals surface area contributed by atoms with Gasteiger partial charge in [0.15, 0.2) is 5.82 Å². The second-order valence-electron chi connectivity index (χ2n) is 5.17. The van der Waals surface area contributed by atoms with Gasteiger partial charge in [0.05, 0.1) is 23.7 Å². The Morgan fingerprint density at radius 2 is 2.22 bits per heavy atom. The van der Waals surface area contributed by atoms with Crippen LogP contribution in [-0.4, -0.2) is 34.7 Å². The minimum atomic E-state index is 0.314. The summed E-state index contributed by atoms with van der Waals surface area (Å²) in [6, 6.07) is 8.18. The highest BCUT2D eigenvalue weighted by Crippen LogP contribution is 2.27. The maximum atomic E-state index is 5.89. The van der Waals surface area contributed by atoms with Gasteiger partial charge in [-0.1, -0.05) is 12.1 Å². The van der Waals surface area contributed by atoms with Gasteiger partial charge in [0.1, 0.15) is 6.61 Å². The number of nitrogens with zero attached hydrogens (tertiary/aromatic N) is 2. The van der Waals surface area contributed by atoms with E-state index >= 15 is 0 Å². The van der Waals surface area contributed by atoms with E-state index in [1.54, 1.807) is 18.0 Å². The van der Waals surface area contributed by atoms with Crippen LogP contribution in [0.25, 0.3) is 11.3 Å². The molecule has 1 saturated heterocycles. The molecule has 0 bridgehead atoms. The van der Waals surface area contributed by atoms with Crippen molar-refractivity contribution >= 4 is 29.6 Å². The van der Waals surface area contributed by atoms with Crippen LogP contribution in [0.5, 0.6) is 5.88 Å². The molecule has 1 aromatic heterocycles. The number of hydrogen-bond donors (Lipinski definition) is 1. The summed E-state index contributed by atoms with van der Waals surface area (Å²) in [4.78, 5) is 9.94. The normalized spacial score (nSPS) is 17.9. The van der Waals surface area contributed by atoms with E-state index in [-0.39, 0.29) is 0 Å². The molecule has 0 radical (unpaired) electrons. The van der Waals surface area contributed by atoms with Crippen molar-refractivity contribution in [2.24, 2.45) is 0 Å². The number of anilines is 1. The Kier molecular flexibility index (Phi) is 5.64. The Balaban J connectivity index is 1.72. The van der Waals surface area contributed by atoms with Gasteiger partial charge in [-0.2, -0.15) is 0 Å². The van der Waals surface area contributed by atoms with E-state index in [0.717, 1.165) is 30.7 Å². The van der Waals surface area contributed by atoms with Gasteiger partial charge in [-0.05, 0) is 43.3 Å². The zero-order chi connectivity index (χ0) is 16.1. The predicted octanol–water partition coefficient (Wildman–Crippen LogP) is 3.65. The minimum Gasteiger partial charge on any atom is -0.474 e. The smallest absolute Gasteiger partial charge is 0.257 e. The van der Waals surface area contributed by atoms with Crippen molar-refractivity contribution in [3.8, 4) is 17.1 Å². The maximum Gasteiger partial charge on any atom is 0.257 e. The van der Waals surface area contributed by atoms with Gasteiger partial charge in [-0.15, -0.1) is 11.8 Å². The first-order chi connectivity index (χ1) is 11.3. The molecule has 1 aliphatic rings. The van der Waals surface area contributed by atoms with Crippen LogP contribution < -0.4 is 10.5 Å². The number of rotatable bonds is 5. The third-order valence-corrected chi connectivity index (χ3v) is 5.21. The molecule has 1 fully saturated rings. The second kappa shape index (κ2) is 7.90. The standard InChI is InChI=1S/C16H19N3O2S2/c1-22-12-6-4-11(5-7-12)14-9-18-15(17)16(19-14)20-10-13-3-2-8-21-23-13/h4-7,9,13H,2-3,8,10H2,1H3,(H2,17,18). The number of nitrogens with two attached hydrogens (primary N) is 1. The van der Waals surface area contributed by atoms with Crippen LogP contribution >= 0.6 is 23.8 Å². The molecule has 3 rings (SSSR count). The van der Waals surface area contributed by atoms with E-state index in [1.807, 2.05) is 12.1 Å². The van der Waals surface area contributed by atoms with Crippen LogP contribution in [0.2, 0.25) is 0 Å².